The molecule has 0 aliphatic heterocycles. The first-order valence-corrected chi connectivity index (χ1v) is 6.48. The maximum Gasteiger partial charge on any atom is 0.0484 e. The molecule has 0 saturated heterocycles. The first-order valence-electron chi connectivity index (χ1n) is 6.10. The average Bonchev–Trinajstić information content (AvgIpc) is 2.39. The minimum Gasteiger partial charge on any atom is -0.330 e. The zero-order chi connectivity index (χ0) is 13.2. The van der Waals surface area contributed by atoms with Gasteiger partial charge in [-0.3, -0.25) is 0 Å². The molecule has 0 amide bonds. The molecule has 1 nitrogen and oxygen atoms in total. The largest absolute Gasteiger partial charge is 0.330 e. The van der Waals surface area contributed by atoms with Gasteiger partial charge in [0.05, 0.1) is 0 Å². The highest BCUT2D eigenvalue weighted by atomic mass is 35.5. The monoisotopic (exact) mass is 259 g/mol. The highest BCUT2D eigenvalue weighted by molar-refractivity contribution is 6.33. The van der Waals surface area contributed by atoms with Crippen LogP contribution in [0.4, 0.5) is 0 Å². The molecule has 0 unspecified atom stereocenters. The number of nitrogens with two attached hydrogens (primary N) is 1. The van der Waals surface area contributed by atoms with E-state index in [2.05, 4.69) is 38.1 Å². The molecule has 0 saturated carbocycles. The van der Waals surface area contributed by atoms with E-state index in [1.807, 2.05) is 24.3 Å². The normalized spacial score (nSPS) is 11.6. The maximum atomic E-state index is 6.20. The first kappa shape index (κ1) is 13.1. The third kappa shape index (κ3) is 2.58. The van der Waals surface area contributed by atoms with Crippen molar-refractivity contribution in [2.75, 3.05) is 6.54 Å². The van der Waals surface area contributed by atoms with Gasteiger partial charge in [0.2, 0.25) is 0 Å². The van der Waals surface area contributed by atoms with Gasteiger partial charge in [0.1, 0.15) is 0 Å². The lowest BCUT2D eigenvalue weighted by Gasteiger charge is -2.23. The van der Waals surface area contributed by atoms with Crippen molar-refractivity contribution in [3.63, 3.8) is 0 Å². The fraction of sp³-hybridized carbons (Fsp3) is 0.250. The molecule has 2 aromatic carbocycles. The quantitative estimate of drug-likeness (QED) is 0.877. The molecule has 0 bridgehead atoms. The molecule has 2 aromatic rings. The Morgan fingerprint density at radius 3 is 2.17 bits per heavy atom. The number of halogens is 1. The molecule has 0 fully saturated rings. The van der Waals surface area contributed by atoms with Gasteiger partial charge in [-0.25, -0.2) is 0 Å². The van der Waals surface area contributed by atoms with Gasteiger partial charge >= 0.3 is 0 Å². The van der Waals surface area contributed by atoms with E-state index in [-0.39, 0.29) is 5.41 Å². The van der Waals surface area contributed by atoms with E-state index >= 15 is 0 Å². The molecule has 2 rings (SSSR count). The highest BCUT2D eigenvalue weighted by Crippen LogP contribution is 2.29. The van der Waals surface area contributed by atoms with Crippen LogP contribution in [0.3, 0.4) is 0 Å². The summed E-state index contributed by atoms with van der Waals surface area (Å²) in [7, 11) is 0. The van der Waals surface area contributed by atoms with Crippen LogP contribution in [0.25, 0.3) is 11.1 Å². The SMILES string of the molecule is CC(C)(CN)c1ccc(-c2ccccc2Cl)cc1. The van der Waals surface area contributed by atoms with Crippen LogP contribution in [0.15, 0.2) is 48.5 Å². The van der Waals surface area contributed by atoms with Crippen LogP contribution in [-0.4, -0.2) is 6.54 Å². The van der Waals surface area contributed by atoms with Gasteiger partial charge in [0, 0.05) is 22.5 Å². The molecular weight excluding hydrogens is 242 g/mol. The summed E-state index contributed by atoms with van der Waals surface area (Å²) in [5.74, 6) is 0. The van der Waals surface area contributed by atoms with Crippen LogP contribution < -0.4 is 5.73 Å². The van der Waals surface area contributed by atoms with E-state index in [0.717, 1.165) is 16.1 Å². The van der Waals surface area contributed by atoms with Gasteiger partial charge in [0.25, 0.3) is 0 Å². The summed E-state index contributed by atoms with van der Waals surface area (Å²) in [5, 5.41) is 0.781. The first-order chi connectivity index (χ1) is 8.54. The van der Waals surface area contributed by atoms with E-state index in [0.29, 0.717) is 6.54 Å². The molecule has 0 aliphatic carbocycles. The standard InChI is InChI=1S/C16H18ClN/c1-16(2,11-18)13-9-7-12(8-10-13)14-5-3-4-6-15(14)17/h3-10H,11,18H2,1-2H3. The van der Waals surface area contributed by atoms with Gasteiger partial charge in [-0.1, -0.05) is 67.9 Å². The van der Waals surface area contributed by atoms with Crippen molar-refractivity contribution < 1.29 is 0 Å². The molecule has 0 heterocycles. The van der Waals surface area contributed by atoms with Crippen molar-refractivity contribution in [1.82, 2.24) is 0 Å². The van der Waals surface area contributed by atoms with Crippen molar-refractivity contribution in [2.45, 2.75) is 19.3 Å². The lowest BCUT2D eigenvalue weighted by molar-refractivity contribution is 0.539. The Balaban J connectivity index is 2.37. The summed E-state index contributed by atoms with van der Waals surface area (Å²) in [6.07, 6.45) is 0. The maximum absolute atomic E-state index is 6.20. The van der Waals surface area contributed by atoms with E-state index < -0.39 is 0 Å². The molecule has 2 N–H and O–H groups in total. The van der Waals surface area contributed by atoms with E-state index in [9.17, 15) is 0 Å². The number of hydrogen-bond acceptors (Lipinski definition) is 1. The average molecular weight is 260 g/mol. The predicted octanol–water partition coefficient (Wildman–Crippen LogP) is 4.24. The fourth-order valence-electron chi connectivity index (χ4n) is 1.91. The van der Waals surface area contributed by atoms with Crippen LogP contribution in [0.1, 0.15) is 19.4 Å². The lowest BCUT2D eigenvalue weighted by Crippen LogP contribution is -2.27. The number of rotatable bonds is 3. The second kappa shape index (κ2) is 5.13. The summed E-state index contributed by atoms with van der Waals surface area (Å²) in [6, 6.07) is 16.4. The Morgan fingerprint density at radius 1 is 1.00 bits per heavy atom. The van der Waals surface area contributed by atoms with Crippen molar-refractivity contribution >= 4 is 11.6 Å². The fourth-order valence-corrected chi connectivity index (χ4v) is 2.16. The molecule has 94 valence electrons. The smallest absolute Gasteiger partial charge is 0.0484 e. The van der Waals surface area contributed by atoms with Gasteiger partial charge < -0.3 is 5.73 Å². The second-order valence-corrected chi connectivity index (χ2v) is 5.55. The molecule has 0 aromatic heterocycles. The van der Waals surface area contributed by atoms with Gasteiger partial charge in [-0.05, 0) is 17.2 Å². The van der Waals surface area contributed by atoms with Crippen LogP contribution in [-0.2, 0) is 5.41 Å². The van der Waals surface area contributed by atoms with Crippen LogP contribution in [0.2, 0.25) is 5.02 Å². The summed E-state index contributed by atoms with van der Waals surface area (Å²) in [4.78, 5) is 0. The van der Waals surface area contributed by atoms with Crippen LogP contribution >= 0.6 is 11.6 Å². The van der Waals surface area contributed by atoms with Gasteiger partial charge in [0.15, 0.2) is 0 Å². The van der Waals surface area contributed by atoms with Crippen molar-refractivity contribution in [3.05, 3.63) is 59.1 Å². The summed E-state index contributed by atoms with van der Waals surface area (Å²) in [5.41, 5.74) is 9.26. The van der Waals surface area contributed by atoms with Gasteiger partial charge in [-0.2, -0.15) is 0 Å². The lowest BCUT2D eigenvalue weighted by atomic mass is 9.84. The topological polar surface area (TPSA) is 26.0 Å². The summed E-state index contributed by atoms with van der Waals surface area (Å²) >= 11 is 6.20. The third-order valence-corrected chi connectivity index (χ3v) is 3.69. The van der Waals surface area contributed by atoms with E-state index in [1.165, 1.54) is 5.56 Å². The molecule has 18 heavy (non-hydrogen) atoms. The summed E-state index contributed by atoms with van der Waals surface area (Å²) in [6.45, 7) is 4.94. The molecule has 0 atom stereocenters. The zero-order valence-electron chi connectivity index (χ0n) is 10.8. The Morgan fingerprint density at radius 2 is 1.61 bits per heavy atom. The number of benzene rings is 2. The van der Waals surface area contributed by atoms with Gasteiger partial charge in [-0.15, -0.1) is 0 Å². The van der Waals surface area contributed by atoms with Crippen LogP contribution in [0.5, 0.6) is 0 Å². The van der Waals surface area contributed by atoms with Crippen molar-refractivity contribution in [3.8, 4) is 11.1 Å². The summed E-state index contributed by atoms with van der Waals surface area (Å²) < 4.78 is 0. The predicted molar refractivity (Wildman–Crippen MR) is 79.0 cm³/mol. The van der Waals surface area contributed by atoms with E-state index in [1.54, 1.807) is 0 Å². The molecule has 0 aliphatic rings. The molecule has 0 radical (unpaired) electrons. The third-order valence-electron chi connectivity index (χ3n) is 3.36. The minimum absolute atomic E-state index is 0.0129. The van der Waals surface area contributed by atoms with E-state index in [4.69, 9.17) is 17.3 Å². The Labute approximate surface area is 114 Å². The Kier molecular flexibility index (Phi) is 3.74. The molecular formula is C16H18ClN. The van der Waals surface area contributed by atoms with Crippen molar-refractivity contribution in [2.24, 2.45) is 5.73 Å². The van der Waals surface area contributed by atoms with Crippen LogP contribution in [0, 0.1) is 0 Å². The Hall–Kier alpha value is -1.31. The number of hydrogen-bond donors (Lipinski definition) is 1. The second-order valence-electron chi connectivity index (χ2n) is 5.15. The highest BCUT2D eigenvalue weighted by Gasteiger charge is 2.18. The Bertz CT molecular complexity index is 529. The zero-order valence-corrected chi connectivity index (χ0v) is 11.5. The molecule has 2 heteroatoms. The minimum atomic E-state index is 0.0129. The molecule has 0 spiro atoms. The van der Waals surface area contributed by atoms with Crippen molar-refractivity contribution in [1.29, 1.82) is 0 Å².